The minimum atomic E-state index is -0.648. The monoisotopic (exact) mass is 657 g/mol. The van der Waals surface area contributed by atoms with Crippen molar-refractivity contribution in [2.45, 2.75) is 6.54 Å². The zero-order valence-corrected chi connectivity index (χ0v) is 22.9. The Kier molecular flexibility index (Phi) is 8.23. The molecular weight excluding hydrogens is 643 g/mol. The smallest absolute Gasteiger partial charge is 0.345 e. The van der Waals surface area contributed by atoms with Crippen molar-refractivity contribution in [3.63, 3.8) is 0 Å². The molecule has 0 spiro atoms. The van der Waals surface area contributed by atoms with Gasteiger partial charge in [0.25, 0.3) is 11.1 Å². The molecule has 36 heavy (non-hydrogen) atoms. The second-order valence-electron chi connectivity index (χ2n) is 7.41. The van der Waals surface area contributed by atoms with Gasteiger partial charge < -0.3 is 9.47 Å². The first-order valence-electron chi connectivity index (χ1n) is 10.2. The normalized spacial score (nSPS) is 14.5. The van der Waals surface area contributed by atoms with Crippen molar-refractivity contribution in [1.29, 1.82) is 0 Å². The Bertz CT molecular complexity index is 1430. The van der Waals surface area contributed by atoms with Gasteiger partial charge in [-0.25, -0.2) is 9.18 Å². The molecular formula is C25H15Cl2FINO5S. The third-order valence-electron chi connectivity index (χ3n) is 5.06. The fourth-order valence-electron chi connectivity index (χ4n) is 3.30. The predicted molar refractivity (Wildman–Crippen MR) is 145 cm³/mol. The molecule has 0 aliphatic carbocycles. The van der Waals surface area contributed by atoms with Gasteiger partial charge in [0.05, 0.1) is 32.7 Å². The summed E-state index contributed by atoms with van der Waals surface area (Å²) in [6.07, 6.45) is 1.54. The van der Waals surface area contributed by atoms with Crippen molar-refractivity contribution in [3.05, 3.63) is 95.6 Å². The van der Waals surface area contributed by atoms with E-state index in [1.54, 1.807) is 42.5 Å². The van der Waals surface area contributed by atoms with Crippen LogP contribution in [0.25, 0.3) is 6.08 Å². The lowest BCUT2D eigenvalue weighted by Crippen LogP contribution is -2.27. The van der Waals surface area contributed by atoms with Gasteiger partial charge in [-0.15, -0.1) is 0 Å². The molecule has 0 saturated carbocycles. The van der Waals surface area contributed by atoms with Gasteiger partial charge in [-0.05, 0) is 88.0 Å². The Morgan fingerprint density at radius 2 is 1.86 bits per heavy atom. The van der Waals surface area contributed by atoms with E-state index in [1.165, 1.54) is 19.2 Å². The molecule has 1 saturated heterocycles. The molecule has 0 bridgehead atoms. The molecule has 6 nitrogen and oxygen atoms in total. The first-order chi connectivity index (χ1) is 17.2. The van der Waals surface area contributed by atoms with Gasteiger partial charge in [0.15, 0.2) is 11.5 Å². The molecule has 11 heteroatoms. The van der Waals surface area contributed by atoms with E-state index in [-0.39, 0.29) is 38.6 Å². The minimum absolute atomic E-state index is 0.0844. The molecule has 2 amide bonds. The summed E-state index contributed by atoms with van der Waals surface area (Å²) in [4.78, 5) is 39.3. The highest BCUT2D eigenvalue weighted by atomic mass is 127. The SMILES string of the molecule is COc1cc(/C=C2\SC(=O)N(Cc3ccc(F)cc3Cl)C2=O)cc(I)c1OC(=O)c1ccccc1Cl. The van der Waals surface area contributed by atoms with Crippen LogP contribution in [0.2, 0.25) is 10.0 Å². The van der Waals surface area contributed by atoms with E-state index in [4.69, 9.17) is 32.7 Å². The number of benzene rings is 3. The Balaban J connectivity index is 1.58. The van der Waals surface area contributed by atoms with Crippen LogP contribution in [0.15, 0.2) is 59.5 Å². The molecule has 3 aromatic rings. The third-order valence-corrected chi connectivity index (χ3v) is 7.45. The number of halogens is 4. The Morgan fingerprint density at radius 1 is 1.11 bits per heavy atom. The number of nitrogens with zero attached hydrogens (tertiary/aromatic N) is 1. The van der Waals surface area contributed by atoms with Crippen LogP contribution in [-0.2, 0) is 11.3 Å². The van der Waals surface area contributed by atoms with E-state index in [9.17, 15) is 18.8 Å². The van der Waals surface area contributed by atoms with Crippen molar-refractivity contribution in [2.24, 2.45) is 0 Å². The van der Waals surface area contributed by atoms with Crippen molar-refractivity contribution in [2.75, 3.05) is 7.11 Å². The maximum absolute atomic E-state index is 13.3. The molecule has 1 heterocycles. The number of esters is 1. The first-order valence-corrected chi connectivity index (χ1v) is 12.9. The zero-order chi connectivity index (χ0) is 26.0. The number of amides is 2. The minimum Gasteiger partial charge on any atom is -0.493 e. The second kappa shape index (κ2) is 11.2. The van der Waals surface area contributed by atoms with E-state index in [0.29, 0.717) is 14.7 Å². The van der Waals surface area contributed by atoms with Gasteiger partial charge in [-0.2, -0.15) is 0 Å². The number of carbonyl (C=O) groups is 3. The Morgan fingerprint density at radius 3 is 2.56 bits per heavy atom. The molecule has 184 valence electrons. The molecule has 1 aliphatic rings. The molecule has 0 unspecified atom stereocenters. The quantitative estimate of drug-likeness (QED) is 0.121. The van der Waals surface area contributed by atoms with Crippen molar-refractivity contribution in [3.8, 4) is 11.5 Å². The number of hydrogen-bond acceptors (Lipinski definition) is 6. The summed E-state index contributed by atoms with van der Waals surface area (Å²) in [5.74, 6) is -1.22. The standard InChI is InChI=1S/C25H15Cl2FINO5S/c1-34-20-9-13(8-19(29)22(20)35-24(32)16-4-2-3-5-17(16)26)10-21-23(31)30(25(33)36-21)12-14-6-7-15(28)11-18(14)27/h2-11H,12H2,1H3/b21-10-. The highest BCUT2D eigenvalue weighted by molar-refractivity contribution is 14.1. The summed E-state index contributed by atoms with van der Waals surface area (Å²) in [6.45, 7) is -0.0844. The first kappa shape index (κ1) is 26.5. The summed E-state index contributed by atoms with van der Waals surface area (Å²) in [5, 5.41) is -0.0939. The van der Waals surface area contributed by atoms with E-state index < -0.39 is 22.9 Å². The molecule has 4 rings (SSSR count). The van der Waals surface area contributed by atoms with Crippen LogP contribution in [-0.4, -0.2) is 29.1 Å². The van der Waals surface area contributed by atoms with Gasteiger partial charge in [0.1, 0.15) is 5.82 Å². The number of hydrogen-bond donors (Lipinski definition) is 0. The summed E-state index contributed by atoms with van der Waals surface area (Å²) in [7, 11) is 1.42. The molecule has 3 aromatic carbocycles. The predicted octanol–water partition coefficient (Wildman–Crippen LogP) is 7.20. The van der Waals surface area contributed by atoms with E-state index in [2.05, 4.69) is 0 Å². The average molecular weight is 658 g/mol. The number of thioether (sulfide) groups is 1. The Hall–Kier alpha value is -2.60. The average Bonchev–Trinajstić information content (AvgIpc) is 3.09. The molecule has 0 aromatic heterocycles. The highest BCUT2D eigenvalue weighted by Crippen LogP contribution is 2.38. The summed E-state index contributed by atoms with van der Waals surface area (Å²) in [5.41, 5.74) is 1.21. The van der Waals surface area contributed by atoms with Crippen LogP contribution >= 0.6 is 57.6 Å². The lowest BCUT2D eigenvalue weighted by Gasteiger charge is -2.14. The number of rotatable bonds is 6. The second-order valence-corrected chi connectivity index (χ2v) is 10.4. The summed E-state index contributed by atoms with van der Waals surface area (Å²) in [6, 6.07) is 13.5. The van der Waals surface area contributed by atoms with Gasteiger partial charge in [0, 0.05) is 5.02 Å². The van der Waals surface area contributed by atoms with E-state index >= 15 is 0 Å². The van der Waals surface area contributed by atoms with Crippen LogP contribution in [0.1, 0.15) is 21.5 Å². The molecule has 1 aliphatic heterocycles. The Labute approximate surface area is 233 Å². The van der Waals surface area contributed by atoms with Crippen molar-refractivity contribution in [1.82, 2.24) is 4.90 Å². The number of ether oxygens (including phenoxy) is 2. The summed E-state index contributed by atoms with van der Waals surface area (Å²) < 4.78 is 24.8. The van der Waals surface area contributed by atoms with Gasteiger partial charge >= 0.3 is 5.97 Å². The lowest BCUT2D eigenvalue weighted by molar-refractivity contribution is -0.123. The van der Waals surface area contributed by atoms with Gasteiger partial charge in [-0.3, -0.25) is 14.5 Å². The van der Waals surface area contributed by atoms with Crippen LogP contribution in [0.5, 0.6) is 11.5 Å². The fraction of sp³-hybridized carbons (Fsp3) is 0.0800. The molecule has 0 N–H and O–H groups in total. The highest BCUT2D eigenvalue weighted by Gasteiger charge is 2.35. The molecule has 0 atom stereocenters. The fourth-order valence-corrected chi connectivity index (χ4v) is 5.32. The maximum Gasteiger partial charge on any atom is 0.345 e. The largest absolute Gasteiger partial charge is 0.493 e. The summed E-state index contributed by atoms with van der Waals surface area (Å²) >= 11 is 14.9. The maximum atomic E-state index is 13.3. The van der Waals surface area contributed by atoms with Crippen LogP contribution in [0, 0.1) is 9.39 Å². The molecule has 1 fully saturated rings. The number of carbonyl (C=O) groups excluding carboxylic acids is 3. The topological polar surface area (TPSA) is 72.9 Å². The van der Waals surface area contributed by atoms with Gasteiger partial charge in [-0.1, -0.05) is 41.4 Å². The zero-order valence-electron chi connectivity index (χ0n) is 18.4. The van der Waals surface area contributed by atoms with Crippen molar-refractivity contribution < 1.29 is 28.2 Å². The van der Waals surface area contributed by atoms with Crippen molar-refractivity contribution >= 4 is 80.7 Å². The lowest BCUT2D eigenvalue weighted by atomic mass is 10.1. The van der Waals surface area contributed by atoms with E-state index in [0.717, 1.165) is 22.7 Å². The van der Waals surface area contributed by atoms with Crippen LogP contribution in [0.3, 0.4) is 0 Å². The number of imide groups is 1. The van der Waals surface area contributed by atoms with Crippen LogP contribution in [0.4, 0.5) is 9.18 Å². The van der Waals surface area contributed by atoms with Gasteiger partial charge in [0.2, 0.25) is 0 Å². The number of methoxy groups -OCH3 is 1. The molecule has 0 radical (unpaired) electrons. The van der Waals surface area contributed by atoms with E-state index in [1.807, 2.05) is 22.6 Å². The van der Waals surface area contributed by atoms with Crippen LogP contribution < -0.4 is 9.47 Å². The third kappa shape index (κ3) is 5.69.